The van der Waals surface area contributed by atoms with Gasteiger partial charge in [0.1, 0.15) is 11.6 Å². The maximum atomic E-state index is 12.9. The van der Waals surface area contributed by atoms with E-state index in [0.717, 1.165) is 11.1 Å². The summed E-state index contributed by atoms with van der Waals surface area (Å²) in [6.45, 7) is 4.04. The summed E-state index contributed by atoms with van der Waals surface area (Å²) in [4.78, 5) is 0. The summed E-state index contributed by atoms with van der Waals surface area (Å²) in [5, 5.41) is 3.41. The monoisotopic (exact) mass is 261 g/mol. The highest BCUT2D eigenvalue weighted by atomic mass is 19.1. The maximum absolute atomic E-state index is 12.9. The van der Waals surface area contributed by atoms with Crippen LogP contribution in [0.25, 0.3) is 0 Å². The largest absolute Gasteiger partial charge is 0.304 e. The number of hydrogen-bond donors (Lipinski definition) is 1. The molecule has 0 fully saturated rings. The highest BCUT2D eigenvalue weighted by molar-refractivity contribution is 5.22. The van der Waals surface area contributed by atoms with E-state index in [1.807, 2.05) is 13.8 Å². The third-order valence-corrected chi connectivity index (χ3v) is 3.24. The molecule has 1 nitrogen and oxygen atoms in total. The second-order valence-electron chi connectivity index (χ2n) is 4.71. The lowest BCUT2D eigenvalue weighted by molar-refractivity contribution is 0.493. The number of rotatable bonds is 4. The quantitative estimate of drug-likeness (QED) is 0.861. The number of halogens is 2. The molecule has 2 aromatic rings. The molecule has 3 heteroatoms. The van der Waals surface area contributed by atoms with Crippen LogP contribution in [0.3, 0.4) is 0 Å². The molecule has 2 atom stereocenters. The van der Waals surface area contributed by atoms with Gasteiger partial charge in [-0.25, -0.2) is 8.78 Å². The van der Waals surface area contributed by atoms with Crippen molar-refractivity contribution in [2.75, 3.05) is 0 Å². The van der Waals surface area contributed by atoms with Crippen molar-refractivity contribution in [3.8, 4) is 0 Å². The van der Waals surface area contributed by atoms with Gasteiger partial charge in [-0.1, -0.05) is 24.3 Å². The first-order chi connectivity index (χ1) is 9.06. The fourth-order valence-electron chi connectivity index (χ4n) is 2.07. The van der Waals surface area contributed by atoms with Gasteiger partial charge >= 0.3 is 0 Å². The first-order valence-corrected chi connectivity index (χ1v) is 6.33. The molecule has 0 aliphatic heterocycles. The molecule has 0 saturated carbocycles. The highest BCUT2D eigenvalue weighted by Gasteiger charge is 2.11. The van der Waals surface area contributed by atoms with Crippen LogP contribution < -0.4 is 5.32 Å². The fraction of sp³-hybridized carbons (Fsp3) is 0.250. The Bertz CT molecular complexity index is 470. The summed E-state index contributed by atoms with van der Waals surface area (Å²) in [6, 6.07) is 13.1. The third kappa shape index (κ3) is 3.61. The van der Waals surface area contributed by atoms with Gasteiger partial charge < -0.3 is 5.32 Å². The lowest BCUT2D eigenvalue weighted by atomic mass is 10.0. The Morgan fingerprint density at radius 1 is 0.684 bits per heavy atom. The van der Waals surface area contributed by atoms with Crippen molar-refractivity contribution < 1.29 is 8.78 Å². The summed E-state index contributed by atoms with van der Waals surface area (Å²) < 4.78 is 25.7. The second-order valence-corrected chi connectivity index (χ2v) is 4.71. The SMILES string of the molecule is CC(N[C@@H](C)c1ccc(F)cc1)c1ccc(F)cc1. The Hall–Kier alpha value is -1.74. The van der Waals surface area contributed by atoms with E-state index < -0.39 is 0 Å². The van der Waals surface area contributed by atoms with Crippen LogP contribution in [-0.4, -0.2) is 0 Å². The molecule has 19 heavy (non-hydrogen) atoms. The van der Waals surface area contributed by atoms with Crippen LogP contribution in [0.1, 0.15) is 37.1 Å². The van der Waals surface area contributed by atoms with Crippen LogP contribution in [0.2, 0.25) is 0 Å². The van der Waals surface area contributed by atoms with Crippen molar-refractivity contribution in [1.82, 2.24) is 5.32 Å². The van der Waals surface area contributed by atoms with Crippen molar-refractivity contribution in [1.29, 1.82) is 0 Å². The summed E-state index contributed by atoms with van der Waals surface area (Å²) in [6.07, 6.45) is 0. The maximum Gasteiger partial charge on any atom is 0.123 e. The molecule has 0 saturated heterocycles. The number of hydrogen-bond acceptors (Lipinski definition) is 1. The molecule has 0 spiro atoms. The topological polar surface area (TPSA) is 12.0 Å². The third-order valence-electron chi connectivity index (χ3n) is 3.24. The van der Waals surface area contributed by atoms with Crippen molar-refractivity contribution in [2.24, 2.45) is 0 Å². The van der Waals surface area contributed by atoms with E-state index in [1.54, 1.807) is 24.3 Å². The minimum Gasteiger partial charge on any atom is -0.304 e. The molecule has 0 aliphatic rings. The van der Waals surface area contributed by atoms with Crippen LogP contribution in [0, 0.1) is 11.6 Å². The lowest BCUT2D eigenvalue weighted by Gasteiger charge is -2.20. The van der Waals surface area contributed by atoms with Crippen molar-refractivity contribution >= 4 is 0 Å². The zero-order valence-electron chi connectivity index (χ0n) is 11.0. The van der Waals surface area contributed by atoms with Gasteiger partial charge in [-0.3, -0.25) is 0 Å². The van der Waals surface area contributed by atoms with Gasteiger partial charge in [-0.05, 0) is 49.2 Å². The summed E-state index contributed by atoms with van der Waals surface area (Å²) in [5.74, 6) is -0.468. The van der Waals surface area contributed by atoms with E-state index in [4.69, 9.17) is 0 Å². The van der Waals surface area contributed by atoms with Crippen LogP contribution in [0.4, 0.5) is 8.78 Å². The Labute approximate surface area is 112 Å². The van der Waals surface area contributed by atoms with Gasteiger partial charge in [-0.2, -0.15) is 0 Å². The Morgan fingerprint density at radius 2 is 1.00 bits per heavy atom. The normalized spacial score (nSPS) is 14.1. The van der Waals surface area contributed by atoms with Crippen molar-refractivity contribution in [3.05, 3.63) is 71.3 Å². The van der Waals surface area contributed by atoms with E-state index >= 15 is 0 Å². The molecule has 0 heterocycles. The Balaban J connectivity index is 2.03. The highest BCUT2D eigenvalue weighted by Crippen LogP contribution is 2.19. The molecule has 0 aliphatic carbocycles. The van der Waals surface area contributed by atoms with Crippen LogP contribution in [0.5, 0.6) is 0 Å². The average Bonchev–Trinajstić information content (AvgIpc) is 2.40. The predicted molar refractivity (Wildman–Crippen MR) is 72.8 cm³/mol. The molecule has 2 rings (SSSR count). The fourth-order valence-corrected chi connectivity index (χ4v) is 2.07. The Kier molecular flexibility index (Phi) is 4.27. The van der Waals surface area contributed by atoms with E-state index in [9.17, 15) is 8.78 Å². The van der Waals surface area contributed by atoms with E-state index in [1.165, 1.54) is 24.3 Å². The zero-order chi connectivity index (χ0) is 13.8. The van der Waals surface area contributed by atoms with E-state index in [0.29, 0.717) is 0 Å². The lowest BCUT2D eigenvalue weighted by Crippen LogP contribution is -2.22. The standard InChI is InChI=1S/C16H17F2N/c1-11(13-3-7-15(17)8-4-13)19-12(2)14-5-9-16(18)10-6-14/h3-12,19H,1-2H3/t11-,12?/m0/s1. The molecule has 2 aromatic carbocycles. The van der Waals surface area contributed by atoms with Gasteiger partial charge in [0.15, 0.2) is 0 Å². The number of nitrogens with one attached hydrogen (secondary N) is 1. The van der Waals surface area contributed by atoms with Gasteiger partial charge in [0.2, 0.25) is 0 Å². The smallest absolute Gasteiger partial charge is 0.123 e. The van der Waals surface area contributed by atoms with Crippen LogP contribution in [0.15, 0.2) is 48.5 Å². The zero-order valence-corrected chi connectivity index (χ0v) is 11.0. The summed E-state index contributed by atoms with van der Waals surface area (Å²) >= 11 is 0. The van der Waals surface area contributed by atoms with E-state index in [-0.39, 0.29) is 23.7 Å². The summed E-state index contributed by atoms with van der Waals surface area (Å²) in [5.41, 5.74) is 2.05. The van der Waals surface area contributed by atoms with Gasteiger partial charge in [-0.15, -0.1) is 0 Å². The molecule has 100 valence electrons. The first kappa shape index (κ1) is 13.7. The predicted octanol–water partition coefficient (Wildman–Crippen LogP) is 4.38. The molecule has 1 N–H and O–H groups in total. The molecule has 0 amide bonds. The van der Waals surface area contributed by atoms with Crippen LogP contribution >= 0.6 is 0 Å². The molecule has 0 aromatic heterocycles. The van der Waals surface area contributed by atoms with E-state index in [2.05, 4.69) is 5.32 Å². The molecular weight excluding hydrogens is 244 g/mol. The van der Waals surface area contributed by atoms with Gasteiger partial charge in [0, 0.05) is 12.1 Å². The number of benzene rings is 2. The molecule has 0 bridgehead atoms. The minimum absolute atomic E-state index is 0.0978. The average molecular weight is 261 g/mol. The van der Waals surface area contributed by atoms with Crippen LogP contribution in [-0.2, 0) is 0 Å². The first-order valence-electron chi connectivity index (χ1n) is 6.33. The molecule has 0 radical (unpaired) electrons. The summed E-state index contributed by atoms with van der Waals surface area (Å²) in [7, 11) is 0. The van der Waals surface area contributed by atoms with Crippen molar-refractivity contribution in [3.63, 3.8) is 0 Å². The van der Waals surface area contributed by atoms with Gasteiger partial charge in [0.25, 0.3) is 0 Å². The van der Waals surface area contributed by atoms with Gasteiger partial charge in [0.05, 0.1) is 0 Å². The molecular formula is C16H17F2N. The second kappa shape index (κ2) is 5.93. The Morgan fingerprint density at radius 3 is 1.32 bits per heavy atom. The van der Waals surface area contributed by atoms with Crippen molar-refractivity contribution in [2.45, 2.75) is 25.9 Å². The minimum atomic E-state index is -0.234. The molecule has 1 unspecified atom stereocenters.